The number of carbonyl (C=O) groups excluding carboxylic acids is 2. The number of carboxylic acid groups (broad SMARTS) is 1. The third-order valence-electron chi connectivity index (χ3n) is 4.25. The predicted molar refractivity (Wildman–Crippen MR) is 75.6 cm³/mol. The van der Waals surface area contributed by atoms with E-state index in [4.69, 9.17) is 5.11 Å². The number of hydrogen-bond acceptors (Lipinski definition) is 4. The molecular formula is C14H23N3O4. The van der Waals surface area contributed by atoms with Gasteiger partial charge in [-0.05, 0) is 25.8 Å². The average molecular weight is 297 g/mol. The van der Waals surface area contributed by atoms with Crippen molar-refractivity contribution in [2.75, 3.05) is 26.2 Å². The fraction of sp³-hybridized carbons (Fsp3) is 0.786. The lowest BCUT2D eigenvalue weighted by Gasteiger charge is -2.42. The number of likely N-dealkylation sites (N-methyl/N-ethyl adjacent to an activating group) is 1. The van der Waals surface area contributed by atoms with Crippen molar-refractivity contribution in [3.8, 4) is 0 Å². The third-order valence-corrected chi connectivity index (χ3v) is 4.25. The lowest BCUT2D eigenvalue weighted by Crippen LogP contribution is -2.56. The van der Waals surface area contributed by atoms with E-state index in [1.807, 2.05) is 11.8 Å². The van der Waals surface area contributed by atoms with Crippen LogP contribution in [0.5, 0.6) is 0 Å². The first kappa shape index (κ1) is 15.8. The van der Waals surface area contributed by atoms with Crippen molar-refractivity contribution in [3.63, 3.8) is 0 Å². The molecule has 21 heavy (non-hydrogen) atoms. The van der Waals surface area contributed by atoms with Gasteiger partial charge in [0.15, 0.2) is 0 Å². The quantitative estimate of drug-likeness (QED) is 0.671. The van der Waals surface area contributed by atoms with Crippen LogP contribution in [0.1, 0.15) is 32.6 Å². The minimum Gasteiger partial charge on any atom is -0.480 e. The van der Waals surface area contributed by atoms with Gasteiger partial charge in [-0.2, -0.15) is 0 Å². The van der Waals surface area contributed by atoms with Gasteiger partial charge in [-0.1, -0.05) is 6.92 Å². The van der Waals surface area contributed by atoms with Gasteiger partial charge in [0.25, 0.3) is 0 Å². The molecule has 1 saturated carbocycles. The van der Waals surface area contributed by atoms with E-state index < -0.39 is 5.97 Å². The Labute approximate surface area is 124 Å². The molecule has 0 spiro atoms. The van der Waals surface area contributed by atoms with Crippen LogP contribution in [0, 0.1) is 0 Å². The lowest BCUT2D eigenvalue weighted by atomic mass is 9.85. The molecule has 1 saturated heterocycles. The van der Waals surface area contributed by atoms with Crippen molar-refractivity contribution in [1.29, 1.82) is 0 Å². The first-order valence-electron chi connectivity index (χ1n) is 7.52. The summed E-state index contributed by atoms with van der Waals surface area (Å²) in [4.78, 5) is 37.6. The van der Waals surface area contributed by atoms with Gasteiger partial charge in [-0.3, -0.25) is 19.3 Å². The number of carbonyl (C=O) groups is 3. The van der Waals surface area contributed by atoms with Crippen LogP contribution in [-0.2, 0) is 14.4 Å². The number of aliphatic carboxylic acids is 1. The number of likely N-dealkylation sites (tertiary alicyclic amines) is 1. The highest BCUT2D eigenvalue weighted by molar-refractivity contribution is 5.86. The largest absolute Gasteiger partial charge is 0.480 e. The third kappa shape index (κ3) is 4.17. The van der Waals surface area contributed by atoms with Crippen molar-refractivity contribution in [2.45, 2.75) is 44.7 Å². The van der Waals surface area contributed by atoms with Gasteiger partial charge in [0.05, 0.1) is 13.1 Å². The zero-order valence-corrected chi connectivity index (χ0v) is 12.4. The van der Waals surface area contributed by atoms with Gasteiger partial charge < -0.3 is 15.3 Å². The SMILES string of the molecule is CCN(CC(=O)O)C1CC(NC(=O)CN2CCCC2=O)C1. The van der Waals surface area contributed by atoms with E-state index in [0.29, 0.717) is 19.5 Å². The summed E-state index contributed by atoms with van der Waals surface area (Å²) in [5.41, 5.74) is 0. The fourth-order valence-electron chi connectivity index (χ4n) is 2.99. The molecule has 0 aromatic rings. The molecule has 2 aliphatic rings. The van der Waals surface area contributed by atoms with Gasteiger partial charge in [0.1, 0.15) is 0 Å². The topological polar surface area (TPSA) is 90.0 Å². The van der Waals surface area contributed by atoms with E-state index in [9.17, 15) is 14.4 Å². The van der Waals surface area contributed by atoms with Gasteiger partial charge in [0.2, 0.25) is 11.8 Å². The molecule has 0 radical (unpaired) electrons. The smallest absolute Gasteiger partial charge is 0.317 e. The van der Waals surface area contributed by atoms with Crippen molar-refractivity contribution in [1.82, 2.24) is 15.1 Å². The summed E-state index contributed by atoms with van der Waals surface area (Å²) in [5, 5.41) is 11.7. The molecule has 2 rings (SSSR count). The van der Waals surface area contributed by atoms with Gasteiger partial charge in [0, 0.05) is 25.0 Å². The molecule has 1 heterocycles. The number of carboxylic acids is 1. The molecule has 118 valence electrons. The molecule has 7 heteroatoms. The zero-order valence-electron chi connectivity index (χ0n) is 12.4. The zero-order chi connectivity index (χ0) is 15.4. The van der Waals surface area contributed by atoms with Crippen LogP contribution in [-0.4, -0.2) is 71.0 Å². The normalized spacial score (nSPS) is 25.0. The van der Waals surface area contributed by atoms with Crippen LogP contribution in [0.4, 0.5) is 0 Å². The van der Waals surface area contributed by atoms with Gasteiger partial charge in [-0.25, -0.2) is 0 Å². The minimum absolute atomic E-state index is 0.0457. The summed E-state index contributed by atoms with van der Waals surface area (Å²) < 4.78 is 0. The van der Waals surface area contributed by atoms with E-state index in [0.717, 1.165) is 19.3 Å². The maximum atomic E-state index is 11.9. The van der Waals surface area contributed by atoms with E-state index in [1.54, 1.807) is 4.90 Å². The Morgan fingerprint density at radius 1 is 1.43 bits per heavy atom. The minimum atomic E-state index is -0.822. The molecule has 1 aliphatic carbocycles. The van der Waals surface area contributed by atoms with Crippen LogP contribution < -0.4 is 5.32 Å². The molecule has 7 nitrogen and oxygen atoms in total. The second-order valence-electron chi connectivity index (χ2n) is 5.77. The summed E-state index contributed by atoms with van der Waals surface area (Å²) in [5.74, 6) is -0.887. The number of hydrogen-bond donors (Lipinski definition) is 2. The molecule has 2 fully saturated rings. The number of nitrogens with one attached hydrogen (secondary N) is 1. The fourth-order valence-corrected chi connectivity index (χ4v) is 2.99. The van der Waals surface area contributed by atoms with Crippen molar-refractivity contribution in [3.05, 3.63) is 0 Å². The Balaban J connectivity index is 1.68. The van der Waals surface area contributed by atoms with Crippen LogP contribution in [0.15, 0.2) is 0 Å². The molecule has 0 aromatic heterocycles. The molecule has 2 N–H and O–H groups in total. The first-order valence-corrected chi connectivity index (χ1v) is 7.52. The Hall–Kier alpha value is -1.63. The number of amides is 2. The predicted octanol–water partition coefficient (Wildman–Crippen LogP) is -0.337. The van der Waals surface area contributed by atoms with E-state index in [1.165, 1.54) is 0 Å². The van der Waals surface area contributed by atoms with Crippen LogP contribution in [0.25, 0.3) is 0 Å². The second kappa shape index (κ2) is 6.89. The van der Waals surface area contributed by atoms with Crippen molar-refractivity contribution in [2.24, 2.45) is 0 Å². The first-order chi connectivity index (χ1) is 9.99. The van der Waals surface area contributed by atoms with Crippen molar-refractivity contribution >= 4 is 17.8 Å². The average Bonchev–Trinajstić information content (AvgIpc) is 2.76. The lowest BCUT2D eigenvalue weighted by molar-refractivity contribution is -0.139. The van der Waals surface area contributed by atoms with E-state index >= 15 is 0 Å². The van der Waals surface area contributed by atoms with E-state index in [2.05, 4.69) is 5.32 Å². The Kier molecular flexibility index (Phi) is 5.17. The summed E-state index contributed by atoms with van der Waals surface area (Å²) >= 11 is 0. The maximum Gasteiger partial charge on any atom is 0.317 e. The summed E-state index contributed by atoms with van der Waals surface area (Å²) in [6.07, 6.45) is 2.93. The van der Waals surface area contributed by atoms with E-state index in [-0.39, 0.29) is 37.0 Å². The Morgan fingerprint density at radius 2 is 2.14 bits per heavy atom. The highest BCUT2D eigenvalue weighted by Gasteiger charge is 2.35. The standard InChI is InChI=1S/C14H23N3O4/c1-2-16(9-14(20)21)11-6-10(7-11)15-12(18)8-17-5-3-4-13(17)19/h10-11H,2-9H2,1H3,(H,15,18)(H,20,21). The Morgan fingerprint density at radius 3 is 2.67 bits per heavy atom. The van der Waals surface area contributed by atoms with Crippen LogP contribution in [0.2, 0.25) is 0 Å². The highest BCUT2D eigenvalue weighted by Crippen LogP contribution is 2.25. The summed E-state index contributed by atoms with van der Waals surface area (Å²) in [6.45, 7) is 3.49. The van der Waals surface area contributed by atoms with Crippen LogP contribution in [0.3, 0.4) is 0 Å². The highest BCUT2D eigenvalue weighted by atomic mass is 16.4. The maximum absolute atomic E-state index is 11.9. The number of nitrogens with zero attached hydrogens (tertiary/aromatic N) is 2. The monoisotopic (exact) mass is 297 g/mol. The molecule has 0 bridgehead atoms. The number of rotatable bonds is 7. The Bertz CT molecular complexity index is 420. The second-order valence-corrected chi connectivity index (χ2v) is 5.77. The molecule has 1 aliphatic heterocycles. The van der Waals surface area contributed by atoms with Crippen LogP contribution >= 0.6 is 0 Å². The summed E-state index contributed by atoms with van der Waals surface area (Å²) in [7, 11) is 0. The molecular weight excluding hydrogens is 274 g/mol. The van der Waals surface area contributed by atoms with Crippen molar-refractivity contribution < 1.29 is 19.5 Å². The summed E-state index contributed by atoms with van der Waals surface area (Å²) in [6, 6.07) is 0.327. The molecule has 0 aromatic carbocycles. The van der Waals surface area contributed by atoms with Gasteiger partial charge >= 0.3 is 5.97 Å². The van der Waals surface area contributed by atoms with Gasteiger partial charge in [-0.15, -0.1) is 0 Å². The molecule has 0 atom stereocenters. The molecule has 2 amide bonds. The molecule has 0 unspecified atom stereocenters.